The minimum Gasteiger partial charge on any atom is -0.309 e. The summed E-state index contributed by atoms with van der Waals surface area (Å²) in [6.07, 6.45) is 0.635. The molecule has 0 aliphatic carbocycles. The fourth-order valence-electron chi connectivity index (χ4n) is 1.58. The van der Waals surface area contributed by atoms with Crippen molar-refractivity contribution in [2.75, 3.05) is 11.4 Å². The zero-order valence-electron chi connectivity index (χ0n) is 7.71. The maximum atomic E-state index is 13.4. The SMILES string of the molecule is O=C1C(Br)CCN1c1ccc(F)cc1F. The van der Waals surface area contributed by atoms with Gasteiger partial charge in [-0.05, 0) is 18.6 Å². The second-order valence-corrected chi connectivity index (χ2v) is 4.45. The third-order valence-electron chi connectivity index (χ3n) is 2.34. The van der Waals surface area contributed by atoms with Gasteiger partial charge in [-0.15, -0.1) is 0 Å². The molecule has 5 heteroatoms. The van der Waals surface area contributed by atoms with Crippen LogP contribution in [0.25, 0.3) is 0 Å². The third kappa shape index (κ3) is 1.88. The number of amides is 1. The molecule has 0 radical (unpaired) electrons. The Morgan fingerprint density at radius 3 is 2.67 bits per heavy atom. The number of carbonyl (C=O) groups is 1. The van der Waals surface area contributed by atoms with Gasteiger partial charge < -0.3 is 4.90 Å². The molecule has 0 bridgehead atoms. The molecule has 80 valence electrons. The molecule has 1 heterocycles. The highest BCUT2D eigenvalue weighted by Crippen LogP contribution is 2.27. The van der Waals surface area contributed by atoms with Gasteiger partial charge in [0.1, 0.15) is 11.6 Å². The van der Waals surface area contributed by atoms with Gasteiger partial charge in [0.25, 0.3) is 0 Å². The van der Waals surface area contributed by atoms with Crippen molar-refractivity contribution in [3.63, 3.8) is 0 Å². The molecule has 1 amide bonds. The summed E-state index contributed by atoms with van der Waals surface area (Å²) in [5.74, 6) is -1.52. The summed E-state index contributed by atoms with van der Waals surface area (Å²) in [5, 5.41) is 0. The Bertz CT molecular complexity index is 410. The topological polar surface area (TPSA) is 20.3 Å². The number of alkyl halides is 1. The van der Waals surface area contributed by atoms with Gasteiger partial charge in [0, 0.05) is 12.6 Å². The van der Waals surface area contributed by atoms with Gasteiger partial charge in [0.15, 0.2) is 0 Å². The van der Waals surface area contributed by atoms with Crippen molar-refractivity contribution >= 4 is 27.5 Å². The maximum absolute atomic E-state index is 13.4. The van der Waals surface area contributed by atoms with Crippen molar-refractivity contribution in [2.24, 2.45) is 0 Å². The maximum Gasteiger partial charge on any atom is 0.240 e. The second kappa shape index (κ2) is 3.89. The fraction of sp³-hybridized carbons (Fsp3) is 0.300. The second-order valence-electron chi connectivity index (χ2n) is 3.34. The molecule has 1 aliphatic rings. The van der Waals surface area contributed by atoms with Gasteiger partial charge in [-0.2, -0.15) is 0 Å². The number of hydrogen-bond donors (Lipinski definition) is 0. The normalized spacial score (nSPS) is 21.1. The van der Waals surface area contributed by atoms with Crippen molar-refractivity contribution in [1.82, 2.24) is 0 Å². The van der Waals surface area contributed by atoms with Crippen LogP contribution in [-0.2, 0) is 4.79 Å². The Morgan fingerprint density at radius 1 is 1.40 bits per heavy atom. The number of nitrogens with zero attached hydrogens (tertiary/aromatic N) is 1. The predicted molar refractivity (Wildman–Crippen MR) is 56.0 cm³/mol. The van der Waals surface area contributed by atoms with E-state index < -0.39 is 11.6 Å². The van der Waals surface area contributed by atoms with Gasteiger partial charge in [-0.1, -0.05) is 15.9 Å². The predicted octanol–water partition coefficient (Wildman–Crippen LogP) is 2.47. The molecule has 1 saturated heterocycles. The number of anilines is 1. The van der Waals surface area contributed by atoms with Gasteiger partial charge in [-0.3, -0.25) is 4.79 Å². The van der Waals surface area contributed by atoms with Crippen LogP contribution in [-0.4, -0.2) is 17.3 Å². The van der Waals surface area contributed by atoms with E-state index in [2.05, 4.69) is 15.9 Å². The summed E-state index contributed by atoms with van der Waals surface area (Å²) in [7, 11) is 0. The molecular formula is C10H8BrF2NO. The lowest BCUT2D eigenvalue weighted by Crippen LogP contribution is -2.27. The summed E-state index contributed by atoms with van der Waals surface area (Å²) < 4.78 is 26.0. The number of rotatable bonds is 1. The van der Waals surface area contributed by atoms with E-state index in [1.54, 1.807) is 0 Å². The van der Waals surface area contributed by atoms with Crippen LogP contribution in [0.5, 0.6) is 0 Å². The van der Waals surface area contributed by atoms with E-state index in [-0.39, 0.29) is 16.4 Å². The van der Waals surface area contributed by atoms with Gasteiger partial charge in [-0.25, -0.2) is 8.78 Å². The first-order valence-corrected chi connectivity index (χ1v) is 5.41. The molecule has 2 nitrogen and oxygen atoms in total. The molecule has 1 unspecified atom stereocenters. The Hall–Kier alpha value is -0.970. The van der Waals surface area contributed by atoms with E-state index >= 15 is 0 Å². The first kappa shape index (κ1) is 10.5. The first-order valence-electron chi connectivity index (χ1n) is 4.50. The average molecular weight is 276 g/mol. The molecule has 0 aromatic heterocycles. The summed E-state index contributed by atoms with van der Waals surface area (Å²) in [6.45, 7) is 0.456. The van der Waals surface area contributed by atoms with E-state index in [9.17, 15) is 13.6 Å². The molecule has 1 aliphatic heterocycles. The molecule has 1 atom stereocenters. The molecule has 1 aromatic rings. The standard InChI is InChI=1S/C10H8BrF2NO/c11-7-3-4-14(10(7)15)9-2-1-6(12)5-8(9)13/h1-2,5,7H,3-4H2. The molecule has 15 heavy (non-hydrogen) atoms. The van der Waals surface area contributed by atoms with Crippen LogP contribution in [0.4, 0.5) is 14.5 Å². The lowest BCUT2D eigenvalue weighted by atomic mass is 10.2. The molecule has 1 aromatic carbocycles. The van der Waals surface area contributed by atoms with E-state index in [0.717, 1.165) is 12.1 Å². The quantitative estimate of drug-likeness (QED) is 0.721. The highest BCUT2D eigenvalue weighted by molar-refractivity contribution is 9.10. The van der Waals surface area contributed by atoms with Crippen LogP contribution < -0.4 is 4.90 Å². The highest BCUT2D eigenvalue weighted by Gasteiger charge is 2.31. The summed E-state index contributed by atoms with van der Waals surface area (Å²) >= 11 is 3.19. The molecule has 0 N–H and O–H groups in total. The van der Waals surface area contributed by atoms with Gasteiger partial charge in [0.2, 0.25) is 5.91 Å². The lowest BCUT2D eigenvalue weighted by molar-refractivity contribution is -0.116. The average Bonchev–Trinajstić information content (AvgIpc) is 2.49. The third-order valence-corrected chi connectivity index (χ3v) is 3.19. The van der Waals surface area contributed by atoms with Crippen molar-refractivity contribution in [3.05, 3.63) is 29.8 Å². The van der Waals surface area contributed by atoms with Crippen molar-refractivity contribution < 1.29 is 13.6 Å². The smallest absolute Gasteiger partial charge is 0.240 e. The molecule has 0 spiro atoms. The summed E-state index contributed by atoms with van der Waals surface area (Å²) in [6, 6.07) is 3.21. The van der Waals surface area contributed by atoms with E-state index in [1.165, 1.54) is 11.0 Å². The van der Waals surface area contributed by atoms with Crippen LogP contribution in [0.3, 0.4) is 0 Å². The first-order chi connectivity index (χ1) is 7.09. The van der Waals surface area contributed by atoms with Crippen molar-refractivity contribution in [2.45, 2.75) is 11.2 Å². The van der Waals surface area contributed by atoms with Crippen LogP contribution in [0.1, 0.15) is 6.42 Å². The van der Waals surface area contributed by atoms with Crippen LogP contribution in [0, 0.1) is 11.6 Å². The van der Waals surface area contributed by atoms with E-state index in [0.29, 0.717) is 13.0 Å². The monoisotopic (exact) mass is 275 g/mol. The van der Waals surface area contributed by atoms with Crippen LogP contribution in [0.15, 0.2) is 18.2 Å². The Morgan fingerprint density at radius 2 is 2.13 bits per heavy atom. The molecule has 0 saturated carbocycles. The fourth-order valence-corrected chi connectivity index (χ4v) is 2.04. The minimum absolute atomic E-state index is 0.142. The number of hydrogen-bond acceptors (Lipinski definition) is 1. The van der Waals surface area contributed by atoms with Gasteiger partial charge in [0.05, 0.1) is 10.5 Å². The Kier molecular flexibility index (Phi) is 2.73. The van der Waals surface area contributed by atoms with Crippen molar-refractivity contribution in [3.8, 4) is 0 Å². The molecule has 1 fully saturated rings. The number of benzene rings is 1. The molecular weight excluding hydrogens is 268 g/mol. The van der Waals surface area contributed by atoms with Crippen molar-refractivity contribution in [1.29, 1.82) is 0 Å². The molecule has 2 rings (SSSR count). The summed E-state index contributed by atoms with van der Waals surface area (Å²) in [4.78, 5) is 12.6. The van der Waals surface area contributed by atoms with Crippen LogP contribution >= 0.6 is 15.9 Å². The van der Waals surface area contributed by atoms with Crippen LogP contribution in [0.2, 0.25) is 0 Å². The minimum atomic E-state index is -0.704. The number of halogens is 3. The lowest BCUT2D eigenvalue weighted by Gasteiger charge is -2.16. The zero-order chi connectivity index (χ0) is 11.0. The zero-order valence-corrected chi connectivity index (χ0v) is 9.30. The Balaban J connectivity index is 2.34. The number of carbonyl (C=O) groups excluding carboxylic acids is 1. The Labute approximate surface area is 94.0 Å². The van der Waals surface area contributed by atoms with E-state index in [1.807, 2.05) is 0 Å². The largest absolute Gasteiger partial charge is 0.309 e. The van der Waals surface area contributed by atoms with Gasteiger partial charge >= 0.3 is 0 Å². The summed E-state index contributed by atoms with van der Waals surface area (Å²) in [5.41, 5.74) is 0.142. The van der Waals surface area contributed by atoms with E-state index in [4.69, 9.17) is 0 Å². The highest BCUT2D eigenvalue weighted by atomic mass is 79.9.